The molecule has 4 unspecified atom stereocenters. The third-order valence-corrected chi connectivity index (χ3v) is 4.68. The van der Waals surface area contributed by atoms with Crippen LogP contribution in [0.1, 0.15) is 91.9 Å². The molecule has 0 aromatic heterocycles. The van der Waals surface area contributed by atoms with Gasteiger partial charge in [0, 0.05) is 0 Å². The van der Waals surface area contributed by atoms with Crippen LogP contribution in [0.15, 0.2) is 0 Å². The van der Waals surface area contributed by atoms with Gasteiger partial charge in [-0.2, -0.15) is 0 Å². The van der Waals surface area contributed by atoms with Crippen molar-refractivity contribution in [2.45, 2.75) is 104 Å². The van der Waals surface area contributed by atoms with Crippen molar-refractivity contribution >= 4 is 11.9 Å². The van der Waals surface area contributed by atoms with Crippen molar-refractivity contribution in [3.05, 3.63) is 0 Å². The Kier molecular flexibility index (Phi) is 18.0. The number of carboxylic acid groups (broad SMARTS) is 2. The van der Waals surface area contributed by atoms with Crippen molar-refractivity contribution in [2.24, 2.45) is 11.8 Å². The first-order valence-electron chi connectivity index (χ1n) is 9.91. The van der Waals surface area contributed by atoms with Crippen LogP contribution >= 0.6 is 0 Å². The molecule has 0 fully saturated rings. The molecule has 0 aliphatic heterocycles. The molecule has 0 radical (unpaired) electrons. The van der Waals surface area contributed by atoms with Gasteiger partial charge in [0.1, 0.15) is 0 Å². The van der Waals surface area contributed by atoms with E-state index in [-0.39, 0.29) is 12.8 Å². The van der Waals surface area contributed by atoms with E-state index in [1.165, 1.54) is 0 Å². The van der Waals surface area contributed by atoms with Gasteiger partial charge in [-0.25, -0.2) is 0 Å². The van der Waals surface area contributed by atoms with Gasteiger partial charge in [-0.15, -0.1) is 0 Å². The molecular weight excluding hydrogens is 336 g/mol. The third kappa shape index (κ3) is 20.9. The molecule has 6 heteroatoms. The molecule has 4 N–H and O–H groups in total. The Labute approximate surface area is 158 Å². The highest BCUT2D eigenvalue weighted by Gasteiger charge is 2.10. The van der Waals surface area contributed by atoms with E-state index in [1.807, 2.05) is 0 Å². The lowest BCUT2D eigenvalue weighted by atomic mass is 9.99. The first-order valence-corrected chi connectivity index (χ1v) is 9.91. The Bertz CT molecular complexity index is 324. The Morgan fingerprint density at radius 3 is 1.23 bits per heavy atom. The molecule has 6 nitrogen and oxygen atoms in total. The van der Waals surface area contributed by atoms with Gasteiger partial charge in [-0.05, 0) is 24.7 Å². The van der Waals surface area contributed by atoms with E-state index in [0.29, 0.717) is 24.7 Å². The predicted octanol–water partition coefficient (Wildman–Crippen LogP) is 4.08. The number of aliphatic hydroxyl groups excluding tert-OH is 2. The first-order chi connectivity index (χ1) is 12.1. The van der Waals surface area contributed by atoms with Gasteiger partial charge >= 0.3 is 11.9 Å². The maximum atomic E-state index is 10.2. The maximum Gasteiger partial charge on any atom is 0.305 e. The van der Waals surface area contributed by atoms with Crippen LogP contribution in [0.25, 0.3) is 0 Å². The van der Waals surface area contributed by atoms with Crippen LogP contribution in [0, 0.1) is 11.8 Å². The van der Waals surface area contributed by atoms with Crippen molar-refractivity contribution in [1.82, 2.24) is 0 Å². The highest BCUT2D eigenvalue weighted by Crippen LogP contribution is 2.14. The standard InChI is InChI=1S/2C10H20O3/c2*1-3-8(2)5-4-6-9(11)7-10(12)13/h2*8-9,11H,3-7H2,1-2H3,(H,12,13). The second kappa shape index (κ2) is 17.3. The van der Waals surface area contributed by atoms with Crippen LogP contribution in [0.3, 0.4) is 0 Å². The first kappa shape index (κ1) is 27.1. The third-order valence-electron chi connectivity index (χ3n) is 4.68. The van der Waals surface area contributed by atoms with Crippen molar-refractivity contribution < 1.29 is 30.0 Å². The molecule has 0 aliphatic rings. The topological polar surface area (TPSA) is 115 Å². The van der Waals surface area contributed by atoms with E-state index in [0.717, 1.165) is 38.5 Å². The summed E-state index contributed by atoms with van der Waals surface area (Å²) in [7, 11) is 0. The average Bonchev–Trinajstić information content (AvgIpc) is 2.53. The molecular formula is C20H40O6. The molecule has 0 aliphatic carbocycles. The minimum atomic E-state index is -0.920. The summed E-state index contributed by atoms with van der Waals surface area (Å²) in [5, 5.41) is 35.2. The lowest BCUT2D eigenvalue weighted by Gasteiger charge is -2.10. The summed E-state index contributed by atoms with van der Waals surface area (Å²) in [5.74, 6) is -0.485. The van der Waals surface area contributed by atoms with E-state index in [9.17, 15) is 19.8 Å². The second-order valence-corrected chi connectivity index (χ2v) is 7.39. The molecule has 0 rings (SSSR count). The lowest BCUT2D eigenvalue weighted by molar-refractivity contribution is -0.140. The van der Waals surface area contributed by atoms with Crippen LogP contribution in [0.5, 0.6) is 0 Å². The molecule has 0 spiro atoms. The van der Waals surface area contributed by atoms with E-state index in [4.69, 9.17) is 10.2 Å². The zero-order valence-electron chi connectivity index (χ0n) is 17.0. The Morgan fingerprint density at radius 2 is 1.00 bits per heavy atom. The SMILES string of the molecule is CCC(C)CCCC(O)CC(=O)O.CCC(C)CCCC(O)CC(=O)O. The van der Waals surface area contributed by atoms with Crippen molar-refractivity contribution in [1.29, 1.82) is 0 Å². The van der Waals surface area contributed by atoms with Crippen LogP contribution in [-0.2, 0) is 9.59 Å². The molecule has 0 saturated heterocycles. The van der Waals surface area contributed by atoms with E-state index in [1.54, 1.807) is 0 Å². The van der Waals surface area contributed by atoms with E-state index < -0.39 is 24.1 Å². The van der Waals surface area contributed by atoms with Gasteiger partial charge in [-0.3, -0.25) is 9.59 Å². The molecule has 0 aromatic carbocycles. The molecule has 26 heavy (non-hydrogen) atoms. The van der Waals surface area contributed by atoms with Crippen molar-refractivity contribution in [3.63, 3.8) is 0 Å². The monoisotopic (exact) mass is 376 g/mol. The zero-order valence-corrected chi connectivity index (χ0v) is 17.0. The molecule has 0 amide bonds. The van der Waals surface area contributed by atoms with Crippen molar-refractivity contribution in [3.8, 4) is 0 Å². The number of hydrogen-bond acceptors (Lipinski definition) is 4. The van der Waals surface area contributed by atoms with Gasteiger partial charge < -0.3 is 20.4 Å². The lowest BCUT2D eigenvalue weighted by Crippen LogP contribution is -2.12. The summed E-state index contributed by atoms with van der Waals surface area (Å²) in [6.07, 6.45) is 5.93. The smallest absolute Gasteiger partial charge is 0.305 e. The Balaban J connectivity index is 0. The number of hydrogen-bond donors (Lipinski definition) is 4. The Morgan fingerprint density at radius 1 is 0.692 bits per heavy atom. The molecule has 0 aromatic rings. The normalized spacial score (nSPS) is 15.3. The molecule has 0 bridgehead atoms. The number of rotatable bonds is 14. The predicted molar refractivity (Wildman–Crippen MR) is 103 cm³/mol. The summed E-state index contributed by atoms with van der Waals surface area (Å²) >= 11 is 0. The van der Waals surface area contributed by atoms with Crippen LogP contribution in [0.4, 0.5) is 0 Å². The highest BCUT2D eigenvalue weighted by atomic mass is 16.4. The summed E-state index contributed by atoms with van der Waals surface area (Å²) in [5.41, 5.74) is 0. The quantitative estimate of drug-likeness (QED) is 0.363. The van der Waals surface area contributed by atoms with Crippen LogP contribution in [0.2, 0.25) is 0 Å². The fourth-order valence-electron chi connectivity index (χ4n) is 2.42. The number of aliphatic hydroxyl groups is 2. The van der Waals surface area contributed by atoms with Crippen LogP contribution in [-0.4, -0.2) is 44.6 Å². The van der Waals surface area contributed by atoms with Gasteiger partial charge in [0.15, 0.2) is 0 Å². The van der Waals surface area contributed by atoms with Crippen molar-refractivity contribution in [2.75, 3.05) is 0 Å². The van der Waals surface area contributed by atoms with E-state index >= 15 is 0 Å². The van der Waals surface area contributed by atoms with Gasteiger partial charge in [-0.1, -0.05) is 66.2 Å². The molecule has 4 atom stereocenters. The summed E-state index contributed by atoms with van der Waals surface area (Å²) in [4.78, 5) is 20.4. The van der Waals surface area contributed by atoms with E-state index in [2.05, 4.69) is 27.7 Å². The zero-order chi connectivity index (χ0) is 20.5. The molecule has 156 valence electrons. The largest absolute Gasteiger partial charge is 0.481 e. The highest BCUT2D eigenvalue weighted by molar-refractivity contribution is 5.67. The summed E-state index contributed by atoms with van der Waals surface area (Å²) in [6.45, 7) is 8.61. The molecule has 0 heterocycles. The molecule has 0 saturated carbocycles. The average molecular weight is 377 g/mol. The second-order valence-electron chi connectivity index (χ2n) is 7.39. The minimum absolute atomic E-state index is 0.124. The van der Waals surface area contributed by atoms with Gasteiger partial charge in [0.2, 0.25) is 0 Å². The fraction of sp³-hybridized carbons (Fsp3) is 0.900. The number of carboxylic acids is 2. The maximum absolute atomic E-state index is 10.2. The number of carbonyl (C=O) groups is 2. The minimum Gasteiger partial charge on any atom is -0.481 e. The number of aliphatic carboxylic acids is 2. The Hall–Kier alpha value is -1.14. The van der Waals surface area contributed by atoms with Gasteiger partial charge in [0.05, 0.1) is 25.0 Å². The fourth-order valence-corrected chi connectivity index (χ4v) is 2.42. The summed E-state index contributed by atoms with van der Waals surface area (Å²) in [6, 6.07) is 0. The summed E-state index contributed by atoms with van der Waals surface area (Å²) < 4.78 is 0. The van der Waals surface area contributed by atoms with Gasteiger partial charge in [0.25, 0.3) is 0 Å². The van der Waals surface area contributed by atoms with Crippen LogP contribution < -0.4 is 0 Å².